The molecule has 3 heterocycles. The van der Waals surface area contributed by atoms with Crippen LogP contribution in [0.5, 0.6) is 0 Å². The van der Waals surface area contributed by atoms with Crippen molar-refractivity contribution in [3.8, 4) is 11.3 Å². The fourth-order valence-electron chi connectivity index (χ4n) is 3.81. The van der Waals surface area contributed by atoms with E-state index in [1.807, 2.05) is 53.4 Å². The Morgan fingerprint density at radius 3 is 2.73 bits per heavy atom. The van der Waals surface area contributed by atoms with Crippen LogP contribution in [0.4, 0.5) is 5.69 Å². The van der Waals surface area contributed by atoms with Crippen molar-refractivity contribution in [2.24, 2.45) is 0 Å². The number of hydrogen-bond donors (Lipinski definition) is 1. The lowest BCUT2D eigenvalue weighted by Gasteiger charge is -2.29. The van der Waals surface area contributed by atoms with Gasteiger partial charge in [-0.05, 0) is 30.0 Å². The van der Waals surface area contributed by atoms with Crippen molar-refractivity contribution in [1.29, 1.82) is 0 Å². The summed E-state index contributed by atoms with van der Waals surface area (Å²) < 4.78 is 1.79. The van der Waals surface area contributed by atoms with Gasteiger partial charge in [-0.3, -0.25) is 19.0 Å². The Labute approximate surface area is 176 Å². The van der Waals surface area contributed by atoms with Gasteiger partial charge in [0, 0.05) is 18.3 Å². The summed E-state index contributed by atoms with van der Waals surface area (Å²) >= 11 is 1.32. The van der Waals surface area contributed by atoms with Crippen molar-refractivity contribution in [3.63, 3.8) is 0 Å². The molecule has 0 aliphatic carbocycles. The number of amides is 1. The highest BCUT2D eigenvalue weighted by Gasteiger charge is 2.23. The van der Waals surface area contributed by atoms with Gasteiger partial charge in [0.25, 0.3) is 5.56 Å². The highest BCUT2D eigenvalue weighted by molar-refractivity contribution is 7.99. The zero-order valence-electron chi connectivity index (χ0n) is 16.1. The second kappa shape index (κ2) is 7.79. The first-order chi connectivity index (χ1) is 14.7. The minimum absolute atomic E-state index is 0.0367. The molecule has 0 unspecified atom stereocenters. The van der Waals surface area contributed by atoms with Crippen molar-refractivity contribution >= 4 is 29.1 Å². The van der Waals surface area contributed by atoms with Crippen molar-refractivity contribution in [2.75, 3.05) is 17.2 Å². The molecule has 2 aromatic heterocycles. The van der Waals surface area contributed by atoms with E-state index in [1.54, 1.807) is 4.40 Å². The van der Waals surface area contributed by atoms with Crippen molar-refractivity contribution in [1.82, 2.24) is 19.6 Å². The van der Waals surface area contributed by atoms with Gasteiger partial charge in [-0.2, -0.15) is 0 Å². The highest BCUT2D eigenvalue weighted by atomic mass is 32.2. The summed E-state index contributed by atoms with van der Waals surface area (Å²) in [5.41, 5.74) is 3.53. The number of aromatic nitrogens is 4. The topological polar surface area (TPSA) is 83.4 Å². The van der Waals surface area contributed by atoms with Gasteiger partial charge in [-0.1, -0.05) is 60.3 Å². The lowest BCUT2D eigenvalue weighted by atomic mass is 10.0. The van der Waals surface area contributed by atoms with E-state index >= 15 is 0 Å². The van der Waals surface area contributed by atoms with E-state index in [2.05, 4.69) is 21.2 Å². The van der Waals surface area contributed by atoms with Crippen LogP contribution in [0.2, 0.25) is 0 Å². The molecule has 7 nitrogen and oxygen atoms in total. The van der Waals surface area contributed by atoms with E-state index in [4.69, 9.17) is 0 Å². The molecule has 4 aromatic rings. The highest BCUT2D eigenvalue weighted by Crippen LogP contribution is 2.29. The quantitative estimate of drug-likeness (QED) is 0.516. The maximum Gasteiger partial charge on any atom is 0.252 e. The summed E-state index contributed by atoms with van der Waals surface area (Å²) in [6.45, 7) is 0.722. The summed E-state index contributed by atoms with van der Waals surface area (Å²) in [6.07, 6.45) is 1.95. The molecule has 0 bridgehead atoms. The Hall–Kier alpha value is -3.39. The zero-order chi connectivity index (χ0) is 20.5. The predicted molar refractivity (Wildman–Crippen MR) is 117 cm³/mol. The number of nitrogens with zero attached hydrogens (tertiary/aromatic N) is 4. The smallest absolute Gasteiger partial charge is 0.252 e. The van der Waals surface area contributed by atoms with Crippen LogP contribution in [0.25, 0.3) is 17.0 Å². The van der Waals surface area contributed by atoms with Gasteiger partial charge in [0.05, 0.1) is 11.4 Å². The normalized spacial score (nSPS) is 13.4. The van der Waals surface area contributed by atoms with Gasteiger partial charge in [0.2, 0.25) is 11.7 Å². The Morgan fingerprint density at radius 1 is 1.07 bits per heavy atom. The minimum atomic E-state index is -0.244. The monoisotopic (exact) mass is 417 g/mol. The van der Waals surface area contributed by atoms with E-state index in [1.165, 1.54) is 23.4 Å². The molecule has 0 saturated heterocycles. The van der Waals surface area contributed by atoms with E-state index < -0.39 is 0 Å². The molecular formula is C22H19N5O2S. The van der Waals surface area contributed by atoms with E-state index in [0.717, 1.165) is 30.6 Å². The molecular weight excluding hydrogens is 398 g/mol. The number of rotatable bonds is 4. The number of para-hydroxylation sites is 1. The maximum atomic E-state index is 13.0. The molecule has 1 aliphatic heterocycles. The van der Waals surface area contributed by atoms with Gasteiger partial charge < -0.3 is 4.90 Å². The van der Waals surface area contributed by atoms with Crippen molar-refractivity contribution in [3.05, 3.63) is 76.6 Å². The third kappa shape index (κ3) is 3.39. The summed E-state index contributed by atoms with van der Waals surface area (Å²) in [7, 11) is 0. The van der Waals surface area contributed by atoms with E-state index in [0.29, 0.717) is 16.6 Å². The fraction of sp³-hybridized carbons (Fsp3) is 0.182. The number of H-pyrrole nitrogens is 1. The third-order valence-corrected chi connectivity index (χ3v) is 6.10. The number of hydrogen-bond acceptors (Lipinski definition) is 5. The average Bonchev–Trinajstić information content (AvgIpc) is 3.19. The molecule has 1 amide bonds. The van der Waals surface area contributed by atoms with Gasteiger partial charge in [-0.15, -0.1) is 10.2 Å². The molecule has 0 saturated carbocycles. The molecule has 8 heteroatoms. The molecule has 150 valence electrons. The SMILES string of the molecule is O=C(CSc1nnc2[nH]c(=O)cc(-c3ccccc3)n12)N1CCCc2ccccc21. The molecule has 1 N–H and O–H groups in total. The van der Waals surface area contributed by atoms with Crippen LogP contribution in [0.15, 0.2) is 70.6 Å². The summed E-state index contributed by atoms with van der Waals surface area (Å²) in [5, 5.41) is 8.89. The number of benzene rings is 2. The van der Waals surface area contributed by atoms with Crippen LogP contribution in [-0.4, -0.2) is 37.8 Å². The number of thioether (sulfide) groups is 1. The molecule has 0 atom stereocenters. The number of nitrogens with one attached hydrogen (secondary N) is 1. The predicted octanol–water partition coefficient (Wildman–Crippen LogP) is 3.16. The van der Waals surface area contributed by atoms with Crippen LogP contribution < -0.4 is 10.5 Å². The second-order valence-electron chi connectivity index (χ2n) is 7.09. The Balaban J connectivity index is 1.45. The largest absolute Gasteiger partial charge is 0.311 e. The summed E-state index contributed by atoms with van der Waals surface area (Å²) in [6, 6.07) is 19.2. The minimum Gasteiger partial charge on any atom is -0.311 e. The van der Waals surface area contributed by atoms with Gasteiger partial charge in [0.1, 0.15) is 0 Å². The molecule has 2 aromatic carbocycles. The Morgan fingerprint density at radius 2 is 1.87 bits per heavy atom. The fourth-order valence-corrected chi connectivity index (χ4v) is 4.64. The Kier molecular flexibility index (Phi) is 4.84. The first-order valence-corrected chi connectivity index (χ1v) is 10.7. The Bertz CT molecular complexity index is 1280. The number of fused-ring (bicyclic) bond motifs is 2. The van der Waals surface area contributed by atoms with Gasteiger partial charge in [-0.25, -0.2) is 0 Å². The molecule has 0 fully saturated rings. The first kappa shape index (κ1) is 18.6. The lowest BCUT2D eigenvalue weighted by molar-refractivity contribution is -0.116. The van der Waals surface area contributed by atoms with Crippen LogP contribution in [-0.2, 0) is 11.2 Å². The van der Waals surface area contributed by atoms with Crippen molar-refractivity contribution in [2.45, 2.75) is 18.0 Å². The van der Waals surface area contributed by atoms with E-state index in [9.17, 15) is 9.59 Å². The van der Waals surface area contributed by atoms with Gasteiger partial charge in [0.15, 0.2) is 5.16 Å². The molecule has 0 spiro atoms. The lowest BCUT2D eigenvalue weighted by Crippen LogP contribution is -2.36. The standard InChI is InChI=1S/C22H19N5O2S/c28-19-13-18(16-7-2-1-3-8-16)27-21(23-19)24-25-22(27)30-14-20(29)26-12-6-10-15-9-4-5-11-17(15)26/h1-5,7-9,11,13H,6,10,12,14H2,(H,23,24,28). The molecule has 1 aliphatic rings. The van der Waals surface area contributed by atoms with Crippen LogP contribution in [0.3, 0.4) is 0 Å². The number of aryl methyl sites for hydroxylation is 1. The number of anilines is 1. The molecule has 30 heavy (non-hydrogen) atoms. The number of carbonyl (C=O) groups is 1. The van der Waals surface area contributed by atoms with E-state index in [-0.39, 0.29) is 17.2 Å². The maximum absolute atomic E-state index is 13.0. The van der Waals surface area contributed by atoms with Crippen LogP contribution >= 0.6 is 11.8 Å². The number of aromatic amines is 1. The van der Waals surface area contributed by atoms with Crippen LogP contribution in [0.1, 0.15) is 12.0 Å². The summed E-state index contributed by atoms with van der Waals surface area (Å²) in [4.78, 5) is 29.6. The third-order valence-electron chi connectivity index (χ3n) is 5.18. The first-order valence-electron chi connectivity index (χ1n) is 9.76. The molecule has 0 radical (unpaired) electrons. The van der Waals surface area contributed by atoms with Crippen molar-refractivity contribution < 1.29 is 4.79 Å². The average molecular weight is 417 g/mol. The second-order valence-corrected chi connectivity index (χ2v) is 8.04. The molecule has 5 rings (SSSR count). The summed E-state index contributed by atoms with van der Waals surface area (Å²) in [5.74, 6) is 0.636. The number of carbonyl (C=O) groups excluding carboxylic acids is 1. The van der Waals surface area contributed by atoms with Crippen LogP contribution in [0, 0.1) is 0 Å². The zero-order valence-corrected chi connectivity index (χ0v) is 16.9. The van der Waals surface area contributed by atoms with Gasteiger partial charge >= 0.3 is 0 Å².